The Bertz CT molecular complexity index is 352. The molecule has 2 rings (SSSR count). The summed E-state index contributed by atoms with van der Waals surface area (Å²) in [6.45, 7) is 3.98. The molecule has 1 heterocycles. The number of hydrogen-bond donors (Lipinski definition) is 0. The van der Waals surface area contributed by atoms with E-state index < -0.39 is 0 Å². The molecule has 0 aliphatic carbocycles. The fraction of sp³-hybridized carbons (Fsp3) is 0.467. The average Bonchev–Trinajstić information content (AvgIpc) is 2.40. The molecule has 0 spiro atoms. The van der Waals surface area contributed by atoms with E-state index >= 15 is 0 Å². The van der Waals surface area contributed by atoms with Crippen LogP contribution in [0.25, 0.3) is 0 Å². The van der Waals surface area contributed by atoms with Crippen LogP contribution < -0.4 is 0 Å². The summed E-state index contributed by atoms with van der Waals surface area (Å²) >= 11 is 0. The van der Waals surface area contributed by atoms with Gasteiger partial charge in [0, 0.05) is 18.7 Å². The summed E-state index contributed by atoms with van der Waals surface area (Å²) in [4.78, 5) is 14.2. The molecule has 0 unspecified atom stereocenters. The van der Waals surface area contributed by atoms with Crippen LogP contribution in [-0.2, 0) is 0 Å². The summed E-state index contributed by atoms with van der Waals surface area (Å²) in [5.41, 5.74) is 0.811. The SMILES string of the molecule is CC[CH]C1CCN(C(=O)c2ccccc2)CC1. The summed E-state index contributed by atoms with van der Waals surface area (Å²) in [5, 5.41) is 0. The van der Waals surface area contributed by atoms with Gasteiger partial charge in [-0.15, -0.1) is 0 Å². The highest BCUT2D eigenvalue weighted by molar-refractivity contribution is 5.94. The third-order valence-corrected chi connectivity index (χ3v) is 3.42. The monoisotopic (exact) mass is 230 g/mol. The minimum absolute atomic E-state index is 0.181. The van der Waals surface area contributed by atoms with Crippen molar-refractivity contribution in [3.8, 4) is 0 Å². The molecule has 1 aromatic rings. The van der Waals surface area contributed by atoms with Gasteiger partial charge in [-0.05, 0) is 37.3 Å². The third kappa shape index (κ3) is 3.09. The van der Waals surface area contributed by atoms with Gasteiger partial charge in [0.2, 0.25) is 0 Å². The van der Waals surface area contributed by atoms with Gasteiger partial charge in [0.15, 0.2) is 0 Å². The van der Waals surface area contributed by atoms with E-state index in [-0.39, 0.29) is 5.91 Å². The predicted molar refractivity (Wildman–Crippen MR) is 69.7 cm³/mol. The van der Waals surface area contributed by atoms with Gasteiger partial charge in [0.05, 0.1) is 0 Å². The Labute approximate surface area is 104 Å². The van der Waals surface area contributed by atoms with Gasteiger partial charge >= 0.3 is 0 Å². The first-order chi connectivity index (χ1) is 8.31. The minimum atomic E-state index is 0.181. The second kappa shape index (κ2) is 5.85. The quantitative estimate of drug-likeness (QED) is 0.781. The van der Waals surface area contributed by atoms with Crippen LogP contribution in [0.3, 0.4) is 0 Å². The Morgan fingerprint density at radius 3 is 2.53 bits per heavy atom. The Kier molecular flexibility index (Phi) is 4.18. The van der Waals surface area contributed by atoms with Crippen molar-refractivity contribution in [2.24, 2.45) is 5.92 Å². The summed E-state index contributed by atoms with van der Waals surface area (Å²) in [7, 11) is 0. The molecular formula is C15H20NO. The van der Waals surface area contributed by atoms with Gasteiger partial charge in [-0.2, -0.15) is 0 Å². The Balaban J connectivity index is 1.91. The Morgan fingerprint density at radius 1 is 1.29 bits per heavy atom. The number of hydrogen-bond acceptors (Lipinski definition) is 1. The van der Waals surface area contributed by atoms with Gasteiger partial charge < -0.3 is 4.90 Å². The maximum Gasteiger partial charge on any atom is 0.253 e. The summed E-state index contributed by atoms with van der Waals surface area (Å²) in [6, 6.07) is 9.58. The number of rotatable bonds is 3. The molecule has 1 aliphatic rings. The molecule has 17 heavy (non-hydrogen) atoms. The standard InChI is InChI=1S/C15H20NO/c1-2-6-13-9-11-16(12-10-13)15(17)14-7-4-3-5-8-14/h3-8,13H,2,9-12H2,1H3. The second-order valence-corrected chi connectivity index (χ2v) is 4.64. The van der Waals surface area contributed by atoms with Crippen molar-refractivity contribution in [1.82, 2.24) is 4.90 Å². The van der Waals surface area contributed by atoms with Gasteiger partial charge in [0.25, 0.3) is 5.91 Å². The highest BCUT2D eigenvalue weighted by atomic mass is 16.2. The van der Waals surface area contributed by atoms with Crippen LogP contribution in [0.5, 0.6) is 0 Å². The number of amides is 1. The van der Waals surface area contributed by atoms with Crippen LogP contribution >= 0.6 is 0 Å². The molecule has 1 amide bonds. The maximum atomic E-state index is 12.2. The molecule has 1 saturated heterocycles. The van der Waals surface area contributed by atoms with E-state index in [2.05, 4.69) is 13.3 Å². The van der Waals surface area contributed by atoms with E-state index in [0.717, 1.165) is 37.9 Å². The molecule has 0 N–H and O–H groups in total. The Hall–Kier alpha value is -1.31. The van der Waals surface area contributed by atoms with E-state index in [0.29, 0.717) is 5.92 Å². The van der Waals surface area contributed by atoms with Crippen LogP contribution in [0.1, 0.15) is 36.5 Å². The van der Waals surface area contributed by atoms with Gasteiger partial charge in [0.1, 0.15) is 0 Å². The molecule has 1 radical (unpaired) electrons. The molecule has 2 nitrogen and oxygen atoms in total. The van der Waals surface area contributed by atoms with Crippen molar-refractivity contribution in [2.75, 3.05) is 13.1 Å². The van der Waals surface area contributed by atoms with Crippen molar-refractivity contribution in [1.29, 1.82) is 0 Å². The van der Waals surface area contributed by atoms with Crippen molar-refractivity contribution in [2.45, 2.75) is 26.2 Å². The largest absolute Gasteiger partial charge is 0.339 e. The minimum Gasteiger partial charge on any atom is -0.339 e. The first-order valence-electron chi connectivity index (χ1n) is 6.49. The van der Waals surface area contributed by atoms with Crippen LogP contribution in [0.2, 0.25) is 0 Å². The van der Waals surface area contributed by atoms with E-state index in [4.69, 9.17) is 0 Å². The number of carbonyl (C=O) groups excluding carboxylic acids is 1. The molecule has 0 aromatic heterocycles. The topological polar surface area (TPSA) is 20.3 Å². The smallest absolute Gasteiger partial charge is 0.253 e. The maximum absolute atomic E-state index is 12.2. The van der Waals surface area contributed by atoms with Crippen LogP contribution in [0.15, 0.2) is 30.3 Å². The molecule has 0 bridgehead atoms. The van der Waals surface area contributed by atoms with E-state index in [1.165, 1.54) is 0 Å². The molecule has 1 aliphatic heterocycles. The summed E-state index contributed by atoms with van der Waals surface area (Å²) in [5.74, 6) is 0.889. The molecular weight excluding hydrogens is 210 g/mol. The van der Waals surface area contributed by atoms with Crippen LogP contribution in [0.4, 0.5) is 0 Å². The second-order valence-electron chi connectivity index (χ2n) is 4.64. The fourth-order valence-electron chi connectivity index (χ4n) is 2.43. The number of carbonyl (C=O) groups is 1. The average molecular weight is 230 g/mol. The van der Waals surface area contributed by atoms with Crippen molar-refractivity contribution >= 4 is 5.91 Å². The number of benzene rings is 1. The van der Waals surface area contributed by atoms with E-state index in [9.17, 15) is 4.79 Å². The molecule has 1 aromatic carbocycles. The summed E-state index contributed by atoms with van der Waals surface area (Å²) < 4.78 is 0. The Morgan fingerprint density at radius 2 is 1.94 bits per heavy atom. The van der Waals surface area contributed by atoms with Crippen molar-refractivity contribution < 1.29 is 4.79 Å². The number of likely N-dealkylation sites (tertiary alicyclic amines) is 1. The zero-order valence-corrected chi connectivity index (χ0v) is 10.4. The number of nitrogens with zero attached hydrogens (tertiary/aromatic N) is 1. The van der Waals surface area contributed by atoms with Crippen LogP contribution in [-0.4, -0.2) is 23.9 Å². The lowest BCUT2D eigenvalue weighted by molar-refractivity contribution is 0.0700. The summed E-state index contributed by atoms with van der Waals surface area (Å²) in [6.07, 6.45) is 5.75. The highest BCUT2D eigenvalue weighted by Gasteiger charge is 2.22. The molecule has 2 heteroatoms. The normalized spacial score (nSPS) is 17.1. The van der Waals surface area contributed by atoms with Crippen molar-refractivity contribution in [3.63, 3.8) is 0 Å². The zero-order chi connectivity index (χ0) is 12.1. The zero-order valence-electron chi connectivity index (χ0n) is 10.4. The molecule has 1 fully saturated rings. The lowest BCUT2D eigenvalue weighted by atomic mass is 9.92. The van der Waals surface area contributed by atoms with Gasteiger partial charge in [-0.1, -0.05) is 31.5 Å². The van der Waals surface area contributed by atoms with Gasteiger partial charge in [-0.25, -0.2) is 0 Å². The lowest BCUT2D eigenvalue weighted by Crippen LogP contribution is -2.38. The molecule has 0 atom stereocenters. The highest BCUT2D eigenvalue weighted by Crippen LogP contribution is 2.22. The lowest BCUT2D eigenvalue weighted by Gasteiger charge is -2.31. The van der Waals surface area contributed by atoms with Crippen molar-refractivity contribution in [3.05, 3.63) is 42.3 Å². The number of piperidine rings is 1. The first-order valence-corrected chi connectivity index (χ1v) is 6.49. The first kappa shape index (κ1) is 12.2. The third-order valence-electron chi connectivity index (χ3n) is 3.42. The molecule has 91 valence electrons. The van der Waals surface area contributed by atoms with Gasteiger partial charge in [-0.3, -0.25) is 4.79 Å². The van der Waals surface area contributed by atoms with E-state index in [1.807, 2.05) is 35.2 Å². The van der Waals surface area contributed by atoms with E-state index in [1.54, 1.807) is 0 Å². The predicted octanol–water partition coefficient (Wildman–Crippen LogP) is 3.15. The van der Waals surface area contributed by atoms with Crippen LogP contribution in [0, 0.1) is 12.3 Å². The fourth-order valence-corrected chi connectivity index (χ4v) is 2.43. The molecule has 0 saturated carbocycles.